The van der Waals surface area contributed by atoms with Crippen molar-refractivity contribution in [2.75, 3.05) is 54.4 Å². The Bertz CT molecular complexity index is 806. The molecular weight excluding hydrogens is 376 g/mol. The predicted molar refractivity (Wildman–Crippen MR) is 121 cm³/mol. The molecule has 4 rings (SSSR count). The van der Waals surface area contributed by atoms with Crippen molar-refractivity contribution in [3.8, 4) is 0 Å². The number of nitrogens with zero attached hydrogens (tertiary/aromatic N) is 5. The third-order valence-corrected chi connectivity index (χ3v) is 6.20. The van der Waals surface area contributed by atoms with Gasteiger partial charge in [-0.15, -0.1) is 5.10 Å². The third-order valence-electron chi connectivity index (χ3n) is 6.20. The Hall–Kier alpha value is -2.67. The number of rotatable bonds is 5. The van der Waals surface area contributed by atoms with Crippen LogP contribution in [0.3, 0.4) is 0 Å². The number of anilines is 3. The Morgan fingerprint density at radius 1 is 0.900 bits per heavy atom. The Morgan fingerprint density at radius 2 is 1.67 bits per heavy atom. The highest BCUT2D eigenvalue weighted by molar-refractivity contribution is 5.94. The first-order valence-corrected chi connectivity index (χ1v) is 11.1. The minimum Gasteiger partial charge on any atom is -0.372 e. The zero-order valence-electron chi connectivity index (χ0n) is 17.8. The number of hydrogen-bond donors (Lipinski definition) is 1. The van der Waals surface area contributed by atoms with Crippen LogP contribution in [0, 0.1) is 0 Å². The summed E-state index contributed by atoms with van der Waals surface area (Å²) in [5.74, 6) is 0.957. The maximum atomic E-state index is 12.9. The average molecular weight is 409 g/mol. The Morgan fingerprint density at radius 3 is 2.40 bits per heavy atom. The highest BCUT2D eigenvalue weighted by Gasteiger charge is 2.24. The van der Waals surface area contributed by atoms with E-state index >= 15 is 0 Å². The van der Waals surface area contributed by atoms with E-state index in [0.29, 0.717) is 0 Å². The molecule has 2 aliphatic rings. The molecule has 1 atom stereocenters. The number of aromatic nitrogens is 2. The first kappa shape index (κ1) is 20.6. The Kier molecular flexibility index (Phi) is 6.79. The van der Waals surface area contributed by atoms with E-state index in [2.05, 4.69) is 42.3 Å². The van der Waals surface area contributed by atoms with Crippen LogP contribution < -0.4 is 15.1 Å². The van der Waals surface area contributed by atoms with Gasteiger partial charge in [0.1, 0.15) is 0 Å². The summed E-state index contributed by atoms with van der Waals surface area (Å²) in [6.07, 6.45) is 6.55. The molecule has 0 radical (unpaired) electrons. The molecule has 30 heavy (non-hydrogen) atoms. The second-order valence-electron chi connectivity index (χ2n) is 8.22. The molecule has 2 saturated heterocycles. The van der Waals surface area contributed by atoms with Crippen LogP contribution in [-0.2, 0) is 4.79 Å². The fourth-order valence-corrected chi connectivity index (χ4v) is 4.34. The average Bonchev–Trinajstić information content (AvgIpc) is 3.06. The van der Waals surface area contributed by atoms with Gasteiger partial charge in [0.25, 0.3) is 0 Å². The molecule has 7 nitrogen and oxygen atoms in total. The predicted octanol–water partition coefficient (Wildman–Crippen LogP) is 3.01. The maximum absolute atomic E-state index is 12.9. The van der Waals surface area contributed by atoms with Crippen molar-refractivity contribution >= 4 is 23.1 Å². The summed E-state index contributed by atoms with van der Waals surface area (Å²) < 4.78 is 0. The first-order valence-electron chi connectivity index (χ1n) is 11.1. The van der Waals surface area contributed by atoms with Crippen molar-refractivity contribution < 1.29 is 4.79 Å². The molecule has 1 aromatic heterocycles. The van der Waals surface area contributed by atoms with Gasteiger partial charge in [0.15, 0.2) is 5.82 Å². The second-order valence-corrected chi connectivity index (χ2v) is 8.22. The van der Waals surface area contributed by atoms with Gasteiger partial charge in [-0.05, 0) is 69.0 Å². The minimum atomic E-state index is -0.173. The molecule has 0 saturated carbocycles. The smallest absolute Gasteiger partial charge is 0.241 e. The molecule has 160 valence electrons. The molecule has 0 spiro atoms. The lowest BCUT2D eigenvalue weighted by atomic mass is 10.1. The zero-order valence-corrected chi connectivity index (χ0v) is 17.8. The number of benzene rings is 1. The number of piperidine rings is 1. The molecule has 0 bridgehead atoms. The normalized spacial score (nSPS) is 19.2. The molecule has 1 aromatic carbocycles. The third kappa shape index (κ3) is 5.08. The SMILES string of the molecule is CC(C(=O)Nc1ccc(N2CCCCC2)cc1)N1CCCN(c2cccnn2)CC1. The van der Waals surface area contributed by atoms with Gasteiger partial charge in [-0.2, -0.15) is 5.10 Å². The summed E-state index contributed by atoms with van der Waals surface area (Å²) in [5.41, 5.74) is 2.11. The highest BCUT2D eigenvalue weighted by Crippen LogP contribution is 2.22. The van der Waals surface area contributed by atoms with E-state index in [1.807, 2.05) is 31.2 Å². The molecule has 1 amide bonds. The summed E-state index contributed by atoms with van der Waals surface area (Å²) in [4.78, 5) is 19.8. The molecule has 2 aromatic rings. The molecule has 2 fully saturated rings. The van der Waals surface area contributed by atoms with Crippen molar-refractivity contribution in [1.29, 1.82) is 0 Å². The number of amides is 1. The number of hydrogen-bond acceptors (Lipinski definition) is 6. The molecule has 3 heterocycles. The number of carbonyl (C=O) groups excluding carboxylic acids is 1. The molecule has 1 N–H and O–H groups in total. The van der Waals surface area contributed by atoms with Gasteiger partial charge >= 0.3 is 0 Å². The van der Waals surface area contributed by atoms with Crippen LogP contribution in [0.15, 0.2) is 42.6 Å². The minimum absolute atomic E-state index is 0.0497. The van der Waals surface area contributed by atoms with E-state index in [0.717, 1.165) is 57.2 Å². The van der Waals surface area contributed by atoms with E-state index in [4.69, 9.17) is 0 Å². The van der Waals surface area contributed by atoms with Gasteiger partial charge in [0, 0.05) is 56.8 Å². The molecule has 7 heteroatoms. The topological polar surface area (TPSA) is 64.6 Å². The standard InChI is InChI=1S/C23H32N6O/c1-19(27-15-6-16-29(18-17-27)22-7-5-12-24-26-22)23(30)25-20-8-10-21(11-9-20)28-13-3-2-4-14-28/h5,7-12,19H,2-4,6,13-18H2,1H3,(H,25,30). The van der Waals surface area contributed by atoms with Crippen LogP contribution in [0.1, 0.15) is 32.6 Å². The van der Waals surface area contributed by atoms with E-state index in [1.54, 1.807) is 6.20 Å². The maximum Gasteiger partial charge on any atom is 0.241 e. The number of nitrogens with one attached hydrogen (secondary N) is 1. The van der Waals surface area contributed by atoms with Crippen molar-refractivity contribution in [2.45, 2.75) is 38.6 Å². The van der Waals surface area contributed by atoms with Crippen molar-refractivity contribution in [2.24, 2.45) is 0 Å². The molecule has 1 unspecified atom stereocenters. The van der Waals surface area contributed by atoms with Gasteiger partial charge < -0.3 is 15.1 Å². The van der Waals surface area contributed by atoms with Crippen LogP contribution in [-0.4, -0.2) is 66.3 Å². The number of carbonyl (C=O) groups is 1. The summed E-state index contributed by atoms with van der Waals surface area (Å²) in [6, 6.07) is 12.0. The summed E-state index contributed by atoms with van der Waals surface area (Å²) in [7, 11) is 0. The lowest BCUT2D eigenvalue weighted by molar-refractivity contribution is -0.120. The van der Waals surface area contributed by atoms with Crippen molar-refractivity contribution in [1.82, 2.24) is 15.1 Å². The molecule has 2 aliphatic heterocycles. The van der Waals surface area contributed by atoms with Crippen LogP contribution in [0.2, 0.25) is 0 Å². The zero-order chi connectivity index (χ0) is 20.8. The van der Waals surface area contributed by atoms with Gasteiger partial charge in [-0.25, -0.2) is 0 Å². The van der Waals surface area contributed by atoms with E-state index < -0.39 is 0 Å². The fourth-order valence-electron chi connectivity index (χ4n) is 4.34. The Balaban J connectivity index is 1.31. The quantitative estimate of drug-likeness (QED) is 0.821. The van der Waals surface area contributed by atoms with Crippen molar-refractivity contribution in [3.05, 3.63) is 42.6 Å². The monoisotopic (exact) mass is 408 g/mol. The lowest BCUT2D eigenvalue weighted by Crippen LogP contribution is -2.44. The van der Waals surface area contributed by atoms with Gasteiger partial charge in [0.2, 0.25) is 5.91 Å². The summed E-state index contributed by atoms with van der Waals surface area (Å²) in [5, 5.41) is 11.3. The van der Waals surface area contributed by atoms with E-state index in [1.165, 1.54) is 24.9 Å². The van der Waals surface area contributed by atoms with Crippen LogP contribution >= 0.6 is 0 Å². The summed E-state index contributed by atoms with van der Waals surface area (Å²) in [6.45, 7) is 7.77. The fraction of sp³-hybridized carbons (Fsp3) is 0.522. The first-order chi connectivity index (χ1) is 14.7. The highest BCUT2D eigenvalue weighted by atomic mass is 16.2. The lowest BCUT2D eigenvalue weighted by Gasteiger charge is -2.29. The van der Waals surface area contributed by atoms with E-state index in [9.17, 15) is 4.79 Å². The van der Waals surface area contributed by atoms with Crippen LogP contribution in [0.25, 0.3) is 0 Å². The molecular formula is C23H32N6O. The Labute approximate surface area is 179 Å². The second kappa shape index (κ2) is 9.89. The van der Waals surface area contributed by atoms with Crippen molar-refractivity contribution in [3.63, 3.8) is 0 Å². The summed E-state index contributed by atoms with van der Waals surface area (Å²) >= 11 is 0. The largest absolute Gasteiger partial charge is 0.372 e. The van der Waals surface area contributed by atoms with Gasteiger partial charge in [-0.1, -0.05) is 0 Å². The van der Waals surface area contributed by atoms with Crippen LogP contribution in [0.4, 0.5) is 17.2 Å². The van der Waals surface area contributed by atoms with Gasteiger partial charge in [0.05, 0.1) is 6.04 Å². The van der Waals surface area contributed by atoms with Gasteiger partial charge in [-0.3, -0.25) is 9.69 Å². The molecule has 0 aliphatic carbocycles. The van der Waals surface area contributed by atoms with Crippen LogP contribution in [0.5, 0.6) is 0 Å². The van der Waals surface area contributed by atoms with E-state index in [-0.39, 0.29) is 11.9 Å².